The Morgan fingerprint density at radius 2 is 1.87 bits per heavy atom. The van der Waals surface area contributed by atoms with E-state index < -0.39 is 5.56 Å². The number of hydrogen-bond donors (Lipinski definition) is 0. The summed E-state index contributed by atoms with van der Waals surface area (Å²) in [4.78, 5) is 25.6. The van der Waals surface area contributed by atoms with Crippen LogP contribution in [0.2, 0.25) is 0 Å². The van der Waals surface area contributed by atoms with Gasteiger partial charge >= 0.3 is 0 Å². The molecule has 3 heterocycles. The summed E-state index contributed by atoms with van der Waals surface area (Å²) < 4.78 is 1.35. The van der Waals surface area contributed by atoms with Gasteiger partial charge in [0.15, 0.2) is 0 Å². The summed E-state index contributed by atoms with van der Waals surface area (Å²) in [5.41, 5.74) is 0.759. The van der Waals surface area contributed by atoms with Crippen molar-refractivity contribution in [3.05, 3.63) is 58.5 Å². The second-order valence-corrected chi connectivity index (χ2v) is 6.23. The van der Waals surface area contributed by atoms with Crippen LogP contribution in [0, 0.1) is 11.3 Å². The molecule has 0 unspecified atom stereocenters. The molecule has 6 nitrogen and oxygen atoms in total. The van der Waals surface area contributed by atoms with Gasteiger partial charge in [0.25, 0.3) is 5.56 Å². The first-order valence-corrected chi connectivity index (χ1v) is 7.16. The van der Waals surface area contributed by atoms with Crippen molar-refractivity contribution < 1.29 is 0 Å². The molecule has 0 amide bonds. The van der Waals surface area contributed by atoms with Crippen LogP contribution in [0.3, 0.4) is 0 Å². The molecule has 0 radical (unpaired) electrons. The topological polar surface area (TPSA) is 83.9 Å². The Morgan fingerprint density at radius 1 is 1.17 bits per heavy atom. The molecule has 0 aliphatic rings. The van der Waals surface area contributed by atoms with Crippen LogP contribution in [0.15, 0.2) is 41.6 Å². The van der Waals surface area contributed by atoms with Gasteiger partial charge in [0.2, 0.25) is 0 Å². The largest absolute Gasteiger partial charge is 0.276 e. The molecule has 0 aliphatic carbocycles. The third kappa shape index (κ3) is 2.57. The van der Waals surface area contributed by atoms with E-state index >= 15 is 0 Å². The zero-order chi connectivity index (χ0) is 16.6. The Bertz CT molecular complexity index is 975. The van der Waals surface area contributed by atoms with E-state index in [0.717, 1.165) is 0 Å². The minimum atomic E-state index is -0.395. The molecule has 0 aliphatic heterocycles. The number of nitriles is 1. The van der Waals surface area contributed by atoms with Gasteiger partial charge in [-0.3, -0.25) is 9.20 Å². The lowest BCUT2D eigenvalue weighted by Gasteiger charge is -2.16. The van der Waals surface area contributed by atoms with Gasteiger partial charge in [-0.15, -0.1) is 0 Å². The van der Waals surface area contributed by atoms with Crippen LogP contribution in [-0.4, -0.2) is 19.4 Å². The van der Waals surface area contributed by atoms with Crippen LogP contribution in [0.5, 0.6) is 0 Å². The molecule has 3 aromatic heterocycles. The molecule has 0 saturated carbocycles. The number of pyridine rings is 1. The van der Waals surface area contributed by atoms with Crippen LogP contribution in [0.1, 0.15) is 32.2 Å². The number of hydrogen-bond acceptors (Lipinski definition) is 5. The van der Waals surface area contributed by atoms with Crippen LogP contribution in [0.25, 0.3) is 16.9 Å². The van der Waals surface area contributed by atoms with Crippen molar-refractivity contribution in [2.24, 2.45) is 0 Å². The van der Waals surface area contributed by atoms with Crippen molar-refractivity contribution >= 4 is 5.65 Å². The van der Waals surface area contributed by atoms with Gasteiger partial charge in [-0.1, -0.05) is 26.8 Å². The normalized spacial score (nSPS) is 11.4. The van der Waals surface area contributed by atoms with Gasteiger partial charge < -0.3 is 0 Å². The van der Waals surface area contributed by atoms with Crippen LogP contribution < -0.4 is 5.56 Å². The highest BCUT2D eigenvalue weighted by atomic mass is 16.1. The predicted molar refractivity (Wildman–Crippen MR) is 85.9 cm³/mol. The van der Waals surface area contributed by atoms with E-state index in [1.165, 1.54) is 4.40 Å². The van der Waals surface area contributed by atoms with Crippen molar-refractivity contribution in [1.82, 2.24) is 19.4 Å². The van der Waals surface area contributed by atoms with Crippen molar-refractivity contribution in [3.63, 3.8) is 0 Å². The standard InChI is InChI=1S/C17H15N5O/c1-17(2,3)16-19-9-11(10-20-16)14-12(8-18)15(23)22-7-5-4-6-13(22)21-14/h4-7,9-10H,1-3H3. The Balaban J connectivity index is 2.24. The van der Waals surface area contributed by atoms with E-state index in [-0.39, 0.29) is 11.0 Å². The molecule has 0 spiro atoms. The molecule has 0 fully saturated rings. The van der Waals surface area contributed by atoms with Crippen LogP contribution >= 0.6 is 0 Å². The predicted octanol–water partition coefficient (Wildman–Crippen LogP) is 2.32. The van der Waals surface area contributed by atoms with E-state index in [1.54, 1.807) is 36.8 Å². The lowest BCUT2D eigenvalue weighted by atomic mass is 9.95. The third-order valence-corrected chi connectivity index (χ3v) is 3.44. The molecule has 0 saturated heterocycles. The summed E-state index contributed by atoms with van der Waals surface area (Å²) >= 11 is 0. The zero-order valence-electron chi connectivity index (χ0n) is 13.1. The molecule has 3 rings (SSSR count). The third-order valence-electron chi connectivity index (χ3n) is 3.44. The van der Waals surface area contributed by atoms with E-state index in [0.29, 0.717) is 22.7 Å². The average Bonchev–Trinajstić information content (AvgIpc) is 2.54. The zero-order valence-corrected chi connectivity index (χ0v) is 13.1. The lowest BCUT2D eigenvalue weighted by Crippen LogP contribution is -2.20. The first kappa shape index (κ1) is 14.9. The lowest BCUT2D eigenvalue weighted by molar-refractivity contribution is 0.545. The number of nitrogens with zero attached hydrogens (tertiary/aromatic N) is 5. The fraction of sp³-hybridized carbons (Fsp3) is 0.235. The fourth-order valence-electron chi connectivity index (χ4n) is 2.24. The molecular weight excluding hydrogens is 290 g/mol. The highest BCUT2D eigenvalue weighted by Gasteiger charge is 2.19. The van der Waals surface area contributed by atoms with Gasteiger partial charge in [0.1, 0.15) is 23.1 Å². The highest BCUT2D eigenvalue weighted by molar-refractivity contribution is 5.67. The molecule has 0 N–H and O–H groups in total. The van der Waals surface area contributed by atoms with E-state index in [2.05, 4.69) is 15.0 Å². The number of rotatable bonds is 1. The Labute approximate surface area is 133 Å². The Morgan fingerprint density at radius 3 is 2.48 bits per heavy atom. The molecule has 23 heavy (non-hydrogen) atoms. The smallest absolute Gasteiger partial charge is 0.267 e. The van der Waals surface area contributed by atoms with Crippen molar-refractivity contribution in [2.75, 3.05) is 0 Å². The van der Waals surface area contributed by atoms with Crippen LogP contribution in [0.4, 0.5) is 0 Å². The average molecular weight is 305 g/mol. The van der Waals surface area contributed by atoms with Gasteiger partial charge in [-0.05, 0) is 12.1 Å². The Hall–Kier alpha value is -3.07. The van der Waals surface area contributed by atoms with Crippen molar-refractivity contribution in [2.45, 2.75) is 26.2 Å². The quantitative estimate of drug-likeness (QED) is 0.689. The van der Waals surface area contributed by atoms with Gasteiger partial charge in [0, 0.05) is 29.6 Å². The first-order chi connectivity index (χ1) is 10.9. The molecule has 0 atom stereocenters. The molecule has 6 heteroatoms. The van der Waals surface area contributed by atoms with Crippen molar-refractivity contribution in [1.29, 1.82) is 5.26 Å². The van der Waals surface area contributed by atoms with Crippen LogP contribution in [-0.2, 0) is 5.41 Å². The minimum absolute atomic E-state index is 0.0131. The monoisotopic (exact) mass is 305 g/mol. The first-order valence-electron chi connectivity index (χ1n) is 7.16. The summed E-state index contributed by atoms with van der Waals surface area (Å²) in [6.45, 7) is 6.05. The molecule has 114 valence electrons. The maximum Gasteiger partial charge on any atom is 0.276 e. The van der Waals surface area contributed by atoms with E-state index in [1.807, 2.05) is 26.8 Å². The summed E-state index contributed by atoms with van der Waals surface area (Å²) in [5.74, 6) is 0.692. The highest BCUT2D eigenvalue weighted by Crippen LogP contribution is 2.22. The van der Waals surface area contributed by atoms with Crippen molar-refractivity contribution in [3.8, 4) is 17.3 Å². The maximum atomic E-state index is 12.4. The number of aromatic nitrogens is 4. The summed E-state index contributed by atoms with van der Waals surface area (Å²) in [5, 5.41) is 9.36. The van der Waals surface area contributed by atoms with Gasteiger partial charge in [-0.2, -0.15) is 5.26 Å². The molecular formula is C17H15N5O. The van der Waals surface area contributed by atoms with E-state index in [4.69, 9.17) is 0 Å². The Kier molecular flexibility index (Phi) is 3.41. The second kappa shape index (κ2) is 5.29. The maximum absolute atomic E-state index is 12.4. The number of fused-ring (bicyclic) bond motifs is 1. The van der Waals surface area contributed by atoms with Gasteiger partial charge in [0.05, 0.1) is 5.69 Å². The summed E-state index contributed by atoms with van der Waals surface area (Å²) in [7, 11) is 0. The summed E-state index contributed by atoms with van der Waals surface area (Å²) in [6.07, 6.45) is 4.81. The molecule has 3 aromatic rings. The summed E-state index contributed by atoms with van der Waals surface area (Å²) in [6, 6.07) is 7.18. The second-order valence-electron chi connectivity index (χ2n) is 6.23. The fourth-order valence-corrected chi connectivity index (χ4v) is 2.24. The minimum Gasteiger partial charge on any atom is -0.267 e. The SMILES string of the molecule is CC(C)(C)c1ncc(-c2nc3ccccn3c(=O)c2C#N)cn1. The molecule has 0 bridgehead atoms. The molecule has 0 aromatic carbocycles. The van der Waals surface area contributed by atoms with Gasteiger partial charge in [-0.25, -0.2) is 15.0 Å². The van der Waals surface area contributed by atoms with E-state index in [9.17, 15) is 10.1 Å².